The number of thiophene rings is 1. The van der Waals surface area contributed by atoms with E-state index in [1.807, 2.05) is 11.3 Å². The molecule has 0 aromatic carbocycles. The van der Waals surface area contributed by atoms with Crippen molar-refractivity contribution < 1.29 is 0 Å². The quantitative estimate of drug-likeness (QED) is 0.887. The lowest BCUT2D eigenvalue weighted by molar-refractivity contribution is 0.151. The van der Waals surface area contributed by atoms with Crippen molar-refractivity contribution in [2.45, 2.75) is 31.7 Å². The number of hydrogen-bond donors (Lipinski definition) is 1. The van der Waals surface area contributed by atoms with Crippen molar-refractivity contribution >= 4 is 11.3 Å². The Morgan fingerprint density at radius 3 is 2.65 bits per heavy atom. The van der Waals surface area contributed by atoms with Crippen LogP contribution in [0.4, 0.5) is 0 Å². The van der Waals surface area contributed by atoms with Gasteiger partial charge < -0.3 is 5.32 Å². The van der Waals surface area contributed by atoms with Gasteiger partial charge in [-0.05, 0) is 69.2 Å². The average molecular weight is 250 g/mol. The maximum atomic E-state index is 3.49. The van der Waals surface area contributed by atoms with E-state index in [1.54, 1.807) is 4.88 Å². The van der Waals surface area contributed by atoms with Crippen LogP contribution in [-0.4, -0.2) is 31.1 Å². The van der Waals surface area contributed by atoms with E-state index in [9.17, 15) is 0 Å². The minimum absolute atomic E-state index is 0.708. The van der Waals surface area contributed by atoms with E-state index in [0.717, 1.165) is 5.92 Å². The Morgan fingerprint density at radius 2 is 2.00 bits per heavy atom. The first-order chi connectivity index (χ1) is 8.45. The Morgan fingerprint density at radius 1 is 1.24 bits per heavy atom. The summed E-state index contributed by atoms with van der Waals surface area (Å²) >= 11 is 1.95. The number of nitrogens with one attached hydrogen (secondary N) is 1. The minimum Gasteiger partial charge on any atom is -0.317 e. The van der Waals surface area contributed by atoms with Crippen LogP contribution in [0.2, 0.25) is 0 Å². The van der Waals surface area contributed by atoms with Crippen LogP contribution in [0.25, 0.3) is 0 Å². The lowest BCUT2D eigenvalue weighted by atomic mass is 9.88. The van der Waals surface area contributed by atoms with Crippen LogP contribution in [0.1, 0.15) is 36.6 Å². The molecule has 2 aliphatic heterocycles. The molecular weight excluding hydrogens is 228 g/mol. The van der Waals surface area contributed by atoms with Gasteiger partial charge in [0, 0.05) is 10.9 Å². The van der Waals surface area contributed by atoms with Gasteiger partial charge in [-0.15, -0.1) is 11.3 Å². The molecule has 2 saturated heterocycles. The fourth-order valence-corrected chi connectivity index (χ4v) is 4.30. The van der Waals surface area contributed by atoms with Crippen molar-refractivity contribution in [3.63, 3.8) is 0 Å². The molecular formula is C14H22N2S. The molecule has 0 amide bonds. The molecule has 3 heteroatoms. The third kappa shape index (κ3) is 2.56. The number of likely N-dealkylation sites (tertiary alicyclic amines) is 1. The van der Waals surface area contributed by atoms with Gasteiger partial charge in [-0.25, -0.2) is 0 Å². The molecule has 2 nitrogen and oxygen atoms in total. The third-order valence-electron chi connectivity index (χ3n) is 4.20. The van der Waals surface area contributed by atoms with Crippen LogP contribution >= 0.6 is 11.3 Å². The standard InChI is InChI=1S/C14H22N2S/c1-2-10-16(9-1)14(13-4-3-11-17-13)12-5-7-15-8-6-12/h3-4,11-12,14-15H,1-2,5-10H2. The molecule has 0 bridgehead atoms. The van der Waals surface area contributed by atoms with E-state index in [2.05, 4.69) is 27.7 Å². The Kier molecular flexibility index (Phi) is 3.79. The van der Waals surface area contributed by atoms with Gasteiger partial charge in [-0.1, -0.05) is 6.07 Å². The van der Waals surface area contributed by atoms with Crippen molar-refractivity contribution in [1.29, 1.82) is 0 Å². The topological polar surface area (TPSA) is 15.3 Å². The summed E-state index contributed by atoms with van der Waals surface area (Å²) in [6, 6.07) is 5.26. The van der Waals surface area contributed by atoms with E-state index in [4.69, 9.17) is 0 Å². The molecule has 0 radical (unpaired) electrons. The predicted octanol–water partition coefficient (Wildman–Crippen LogP) is 2.88. The van der Waals surface area contributed by atoms with Crippen molar-refractivity contribution in [1.82, 2.24) is 10.2 Å². The normalized spacial score (nSPS) is 25.2. The lowest BCUT2D eigenvalue weighted by Crippen LogP contribution is -2.37. The van der Waals surface area contributed by atoms with Gasteiger partial charge >= 0.3 is 0 Å². The Labute approximate surface area is 108 Å². The van der Waals surface area contributed by atoms with Gasteiger partial charge in [0.05, 0.1) is 0 Å². The second-order valence-corrected chi connectivity index (χ2v) is 6.27. The molecule has 2 aliphatic rings. The molecule has 1 unspecified atom stereocenters. The lowest BCUT2D eigenvalue weighted by Gasteiger charge is -2.36. The smallest absolute Gasteiger partial charge is 0.0470 e. The largest absolute Gasteiger partial charge is 0.317 e. The molecule has 0 saturated carbocycles. The first-order valence-electron chi connectivity index (χ1n) is 6.93. The van der Waals surface area contributed by atoms with Gasteiger partial charge in [0.2, 0.25) is 0 Å². The maximum absolute atomic E-state index is 3.49. The van der Waals surface area contributed by atoms with Crippen LogP contribution < -0.4 is 5.32 Å². The monoisotopic (exact) mass is 250 g/mol. The molecule has 2 fully saturated rings. The zero-order valence-corrected chi connectivity index (χ0v) is 11.2. The van der Waals surface area contributed by atoms with Crippen LogP contribution in [0.3, 0.4) is 0 Å². The van der Waals surface area contributed by atoms with Crippen LogP contribution in [-0.2, 0) is 0 Å². The minimum atomic E-state index is 0.708. The first-order valence-corrected chi connectivity index (χ1v) is 7.81. The Bertz CT molecular complexity index is 324. The molecule has 1 aromatic heterocycles. The highest BCUT2D eigenvalue weighted by Crippen LogP contribution is 2.38. The van der Waals surface area contributed by atoms with Crippen LogP contribution in [0, 0.1) is 5.92 Å². The summed E-state index contributed by atoms with van der Waals surface area (Å²) in [6.07, 6.45) is 5.48. The van der Waals surface area contributed by atoms with E-state index in [-0.39, 0.29) is 0 Å². The molecule has 3 heterocycles. The van der Waals surface area contributed by atoms with Crippen molar-refractivity contribution in [2.75, 3.05) is 26.2 Å². The summed E-state index contributed by atoms with van der Waals surface area (Å²) in [5.74, 6) is 0.869. The molecule has 0 spiro atoms. The summed E-state index contributed by atoms with van der Waals surface area (Å²) in [5, 5.41) is 5.73. The number of piperidine rings is 1. The highest BCUT2D eigenvalue weighted by molar-refractivity contribution is 7.10. The predicted molar refractivity (Wildman–Crippen MR) is 73.5 cm³/mol. The van der Waals surface area contributed by atoms with Crippen molar-refractivity contribution in [3.8, 4) is 0 Å². The fraction of sp³-hybridized carbons (Fsp3) is 0.714. The van der Waals surface area contributed by atoms with Gasteiger partial charge in [0.25, 0.3) is 0 Å². The third-order valence-corrected chi connectivity index (χ3v) is 5.14. The highest BCUT2D eigenvalue weighted by Gasteiger charge is 2.31. The Hall–Kier alpha value is -0.380. The molecule has 1 N–H and O–H groups in total. The van der Waals surface area contributed by atoms with E-state index in [1.165, 1.54) is 51.9 Å². The summed E-state index contributed by atoms with van der Waals surface area (Å²) in [4.78, 5) is 4.33. The maximum Gasteiger partial charge on any atom is 0.0470 e. The average Bonchev–Trinajstić information content (AvgIpc) is 3.04. The molecule has 0 aliphatic carbocycles. The SMILES string of the molecule is c1csc(C(C2CCNCC2)N2CCCC2)c1. The number of rotatable bonds is 3. The summed E-state index contributed by atoms with van der Waals surface area (Å²) < 4.78 is 0. The highest BCUT2D eigenvalue weighted by atomic mass is 32.1. The van der Waals surface area contributed by atoms with Crippen molar-refractivity contribution in [2.24, 2.45) is 5.92 Å². The fourth-order valence-electron chi connectivity index (χ4n) is 3.35. The summed E-state index contributed by atoms with van der Waals surface area (Å²) in [7, 11) is 0. The first kappa shape index (κ1) is 11.7. The molecule has 1 aromatic rings. The number of hydrogen-bond acceptors (Lipinski definition) is 3. The van der Waals surface area contributed by atoms with Crippen LogP contribution in [0.5, 0.6) is 0 Å². The second-order valence-electron chi connectivity index (χ2n) is 5.29. The summed E-state index contributed by atoms with van der Waals surface area (Å²) in [5.41, 5.74) is 0. The van der Waals surface area contributed by atoms with E-state index < -0.39 is 0 Å². The van der Waals surface area contributed by atoms with Crippen molar-refractivity contribution in [3.05, 3.63) is 22.4 Å². The van der Waals surface area contributed by atoms with Gasteiger partial charge in [-0.2, -0.15) is 0 Å². The van der Waals surface area contributed by atoms with E-state index in [0.29, 0.717) is 6.04 Å². The Balaban J connectivity index is 1.79. The molecule has 94 valence electrons. The van der Waals surface area contributed by atoms with E-state index >= 15 is 0 Å². The molecule has 17 heavy (non-hydrogen) atoms. The zero-order chi connectivity index (χ0) is 11.5. The van der Waals surface area contributed by atoms with Gasteiger partial charge in [0.15, 0.2) is 0 Å². The zero-order valence-electron chi connectivity index (χ0n) is 10.4. The molecule has 3 rings (SSSR count). The van der Waals surface area contributed by atoms with Gasteiger partial charge in [-0.3, -0.25) is 4.90 Å². The second kappa shape index (κ2) is 5.51. The molecule has 1 atom stereocenters. The number of nitrogens with zero attached hydrogens (tertiary/aromatic N) is 1. The van der Waals surface area contributed by atoms with Gasteiger partial charge in [0.1, 0.15) is 0 Å². The van der Waals surface area contributed by atoms with Crippen LogP contribution in [0.15, 0.2) is 17.5 Å². The summed E-state index contributed by atoms with van der Waals surface area (Å²) in [6.45, 7) is 5.04.